The van der Waals surface area contributed by atoms with Crippen LogP contribution in [0, 0.1) is 0 Å². The summed E-state index contributed by atoms with van der Waals surface area (Å²) < 4.78 is 17.2. The van der Waals surface area contributed by atoms with Gasteiger partial charge in [-0.3, -0.25) is 9.69 Å². The minimum Gasteiger partial charge on any atom is -0.493 e. The summed E-state index contributed by atoms with van der Waals surface area (Å²) in [5, 5.41) is 0.905. The van der Waals surface area contributed by atoms with E-state index in [1.165, 1.54) is 25.7 Å². The SMILES string of the molecule is COc1cccc2cc(C(=O)N3CCC[C@@]4(CCCN4C[C@H]4CCCO4)CC3)oc12. The lowest BCUT2D eigenvalue weighted by atomic mass is 9.87. The van der Waals surface area contributed by atoms with Gasteiger partial charge in [-0.1, -0.05) is 12.1 Å². The van der Waals surface area contributed by atoms with Crippen molar-refractivity contribution in [2.45, 2.75) is 56.6 Å². The number of carbonyl (C=O) groups excluding carboxylic acids is 1. The van der Waals surface area contributed by atoms with Crippen LogP contribution < -0.4 is 4.74 Å². The highest BCUT2D eigenvalue weighted by molar-refractivity contribution is 5.97. The van der Waals surface area contributed by atoms with Crippen molar-refractivity contribution < 1.29 is 18.7 Å². The van der Waals surface area contributed by atoms with Crippen molar-refractivity contribution in [2.24, 2.45) is 0 Å². The first kappa shape index (κ1) is 19.9. The van der Waals surface area contributed by atoms with Crippen molar-refractivity contribution in [1.29, 1.82) is 0 Å². The Bertz CT molecular complexity index is 904. The fraction of sp³-hybridized carbons (Fsp3) is 0.625. The van der Waals surface area contributed by atoms with E-state index in [9.17, 15) is 4.79 Å². The number of furan rings is 1. The van der Waals surface area contributed by atoms with Crippen LogP contribution in [0.5, 0.6) is 5.75 Å². The van der Waals surface area contributed by atoms with Crippen molar-refractivity contribution in [2.75, 3.05) is 39.9 Å². The summed E-state index contributed by atoms with van der Waals surface area (Å²) in [4.78, 5) is 17.9. The molecule has 5 rings (SSSR count). The Balaban J connectivity index is 1.30. The van der Waals surface area contributed by atoms with Gasteiger partial charge in [-0.2, -0.15) is 0 Å². The average molecular weight is 413 g/mol. The van der Waals surface area contributed by atoms with Gasteiger partial charge in [0.15, 0.2) is 17.1 Å². The maximum Gasteiger partial charge on any atom is 0.289 e. The Morgan fingerprint density at radius 3 is 2.83 bits per heavy atom. The summed E-state index contributed by atoms with van der Waals surface area (Å²) in [6.07, 6.45) is 8.51. The largest absolute Gasteiger partial charge is 0.493 e. The second-order valence-corrected chi connectivity index (χ2v) is 9.04. The van der Waals surface area contributed by atoms with Gasteiger partial charge >= 0.3 is 0 Å². The molecule has 0 bridgehead atoms. The molecule has 1 spiro atoms. The summed E-state index contributed by atoms with van der Waals surface area (Å²) in [6, 6.07) is 7.58. The summed E-state index contributed by atoms with van der Waals surface area (Å²) in [7, 11) is 1.62. The van der Waals surface area contributed by atoms with Gasteiger partial charge in [0.25, 0.3) is 5.91 Å². The maximum atomic E-state index is 13.2. The number of benzene rings is 1. The highest BCUT2D eigenvalue weighted by Gasteiger charge is 2.43. The summed E-state index contributed by atoms with van der Waals surface area (Å²) in [5.41, 5.74) is 0.881. The number of nitrogens with zero attached hydrogens (tertiary/aromatic N) is 2. The van der Waals surface area contributed by atoms with E-state index in [2.05, 4.69) is 4.90 Å². The van der Waals surface area contributed by atoms with Crippen molar-refractivity contribution in [1.82, 2.24) is 9.80 Å². The van der Waals surface area contributed by atoms with Crippen LogP contribution in [0.25, 0.3) is 11.0 Å². The molecule has 3 aliphatic rings. The molecule has 4 heterocycles. The van der Waals surface area contributed by atoms with Gasteiger partial charge in [-0.25, -0.2) is 0 Å². The molecule has 3 saturated heterocycles. The zero-order valence-electron chi connectivity index (χ0n) is 17.9. The van der Waals surface area contributed by atoms with E-state index >= 15 is 0 Å². The van der Waals surface area contributed by atoms with Crippen LogP contribution >= 0.6 is 0 Å². The van der Waals surface area contributed by atoms with Gasteiger partial charge in [0, 0.05) is 37.2 Å². The number of methoxy groups -OCH3 is 1. The maximum absolute atomic E-state index is 13.2. The van der Waals surface area contributed by atoms with E-state index < -0.39 is 0 Å². The molecule has 0 saturated carbocycles. The molecule has 0 N–H and O–H groups in total. The quantitative estimate of drug-likeness (QED) is 0.757. The number of fused-ring (bicyclic) bond motifs is 1. The summed E-state index contributed by atoms with van der Waals surface area (Å²) in [5.74, 6) is 1.07. The highest BCUT2D eigenvalue weighted by Crippen LogP contribution is 2.39. The van der Waals surface area contributed by atoms with Gasteiger partial charge in [-0.15, -0.1) is 0 Å². The van der Waals surface area contributed by atoms with Gasteiger partial charge in [0.05, 0.1) is 13.2 Å². The van der Waals surface area contributed by atoms with Gasteiger partial charge in [0.1, 0.15) is 0 Å². The fourth-order valence-electron chi connectivity index (χ4n) is 5.72. The topological polar surface area (TPSA) is 55.2 Å². The number of hydrogen-bond donors (Lipinski definition) is 0. The van der Waals surface area contributed by atoms with Crippen LogP contribution in [-0.4, -0.2) is 67.2 Å². The van der Waals surface area contributed by atoms with E-state index in [0.29, 0.717) is 23.2 Å². The lowest BCUT2D eigenvalue weighted by Crippen LogP contribution is -2.47. The standard InChI is InChI=1S/C24H32N2O4/c1-28-20-8-2-6-18-16-21(30-22(18)20)23(27)25-12-4-9-24(11-14-25)10-5-13-26(24)17-19-7-3-15-29-19/h2,6,8,16,19H,3-5,7,9-15,17H2,1H3/t19-,24-/m1/s1. The first-order valence-electron chi connectivity index (χ1n) is 11.4. The molecule has 162 valence electrons. The molecular formula is C24H32N2O4. The fourth-order valence-corrected chi connectivity index (χ4v) is 5.72. The number of carbonyl (C=O) groups is 1. The lowest BCUT2D eigenvalue weighted by Gasteiger charge is -2.39. The molecule has 3 fully saturated rings. The first-order chi connectivity index (χ1) is 14.7. The van der Waals surface area contributed by atoms with Crippen LogP contribution in [-0.2, 0) is 4.74 Å². The molecule has 6 nitrogen and oxygen atoms in total. The molecule has 1 aromatic carbocycles. The second-order valence-electron chi connectivity index (χ2n) is 9.04. The summed E-state index contributed by atoms with van der Waals surface area (Å²) in [6.45, 7) is 4.71. The summed E-state index contributed by atoms with van der Waals surface area (Å²) >= 11 is 0. The Labute approximate surface area is 178 Å². The first-order valence-corrected chi connectivity index (χ1v) is 11.4. The monoisotopic (exact) mass is 412 g/mol. The Hall–Kier alpha value is -2.05. The Kier molecular flexibility index (Phi) is 5.46. The zero-order chi connectivity index (χ0) is 20.6. The lowest BCUT2D eigenvalue weighted by molar-refractivity contribution is 0.0339. The molecule has 2 aromatic rings. The number of ether oxygens (including phenoxy) is 2. The third-order valence-electron chi connectivity index (χ3n) is 7.33. The van der Waals surface area contributed by atoms with E-state index in [0.717, 1.165) is 57.4 Å². The van der Waals surface area contributed by atoms with Crippen LogP contribution in [0.15, 0.2) is 28.7 Å². The molecule has 6 heteroatoms. The van der Waals surface area contributed by atoms with Crippen LogP contribution in [0.3, 0.4) is 0 Å². The van der Waals surface area contributed by atoms with Crippen LogP contribution in [0.2, 0.25) is 0 Å². The van der Waals surface area contributed by atoms with E-state index in [1.807, 2.05) is 29.2 Å². The average Bonchev–Trinajstić information content (AvgIpc) is 3.47. The number of rotatable bonds is 4. The van der Waals surface area contributed by atoms with Gasteiger partial charge in [0.2, 0.25) is 0 Å². The molecule has 2 atom stereocenters. The molecule has 30 heavy (non-hydrogen) atoms. The minimum atomic E-state index is -0.00558. The molecular weight excluding hydrogens is 380 g/mol. The molecule has 0 radical (unpaired) electrons. The van der Waals surface area contributed by atoms with E-state index in [-0.39, 0.29) is 11.4 Å². The van der Waals surface area contributed by atoms with Crippen molar-refractivity contribution >= 4 is 16.9 Å². The Morgan fingerprint density at radius 1 is 1.17 bits per heavy atom. The predicted octanol–water partition coefficient (Wildman–Crippen LogP) is 4.08. The molecule has 1 aromatic heterocycles. The number of amides is 1. The molecule has 0 unspecified atom stereocenters. The molecule has 1 amide bonds. The third-order valence-corrected chi connectivity index (χ3v) is 7.33. The second kappa shape index (κ2) is 8.23. The van der Waals surface area contributed by atoms with Crippen molar-refractivity contribution in [3.63, 3.8) is 0 Å². The van der Waals surface area contributed by atoms with Gasteiger partial charge in [-0.05, 0) is 63.6 Å². The Morgan fingerprint density at radius 2 is 2.03 bits per heavy atom. The van der Waals surface area contributed by atoms with E-state index in [4.69, 9.17) is 13.9 Å². The minimum absolute atomic E-state index is 0.00558. The van der Waals surface area contributed by atoms with E-state index in [1.54, 1.807) is 7.11 Å². The molecule has 0 aliphatic carbocycles. The zero-order valence-corrected chi connectivity index (χ0v) is 17.9. The van der Waals surface area contributed by atoms with Crippen LogP contribution in [0.1, 0.15) is 55.5 Å². The van der Waals surface area contributed by atoms with Crippen molar-refractivity contribution in [3.05, 3.63) is 30.0 Å². The highest BCUT2D eigenvalue weighted by atomic mass is 16.5. The smallest absolute Gasteiger partial charge is 0.289 e. The van der Waals surface area contributed by atoms with Gasteiger partial charge < -0.3 is 18.8 Å². The number of para-hydroxylation sites is 1. The van der Waals surface area contributed by atoms with Crippen molar-refractivity contribution in [3.8, 4) is 5.75 Å². The predicted molar refractivity (Wildman–Crippen MR) is 115 cm³/mol. The number of hydrogen-bond acceptors (Lipinski definition) is 5. The molecule has 3 aliphatic heterocycles. The normalized spacial score (nSPS) is 27.8. The van der Waals surface area contributed by atoms with Crippen LogP contribution in [0.4, 0.5) is 0 Å². The third kappa shape index (κ3) is 3.60. The number of likely N-dealkylation sites (tertiary alicyclic amines) is 2.